The predicted molar refractivity (Wildman–Crippen MR) is 92.3 cm³/mol. The SMILES string of the molecule is COc1ccc2c(c1)CC(CNC(=O)c1ccc(Br)c(C)c1)O2. The maximum Gasteiger partial charge on any atom is 0.251 e. The molecule has 0 radical (unpaired) electrons. The number of amides is 1. The molecule has 23 heavy (non-hydrogen) atoms. The van der Waals surface area contributed by atoms with Crippen LogP contribution < -0.4 is 14.8 Å². The predicted octanol–water partition coefficient (Wildman–Crippen LogP) is 3.50. The minimum atomic E-state index is -0.0854. The van der Waals surface area contributed by atoms with Gasteiger partial charge in [0.15, 0.2) is 0 Å². The van der Waals surface area contributed by atoms with Gasteiger partial charge in [0.2, 0.25) is 0 Å². The minimum absolute atomic E-state index is 0.0439. The molecule has 2 aromatic rings. The Morgan fingerprint density at radius 3 is 2.91 bits per heavy atom. The second kappa shape index (κ2) is 6.62. The highest BCUT2D eigenvalue weighted by molar-refractivity contribution is 9.10. The number of halogens is 1. The maximum atomic E-state index is 12.2. The molecular weight excluding hydrogens is 358 g/mol. The molecule has 0 aromatic heterocycles. The molecule has 5 heteroatoms. The van der Waals surface area contributed by atoms with Crippen molar-refractivity contribution in [3.63, 3.8) is 0 Å². The van der Waals surface area contributed by atoms with Gasteiger partial charge in [0.25, 0.3) is 5.91 Å². The first kappa shape index (κ1) is 15.9. The van der Waals surface area contributed by atoms with Crippen molar-refractivity contribution < 1.29 is 14.3 Å². The summed E-state index contributed by atoms with van der Waals surface area (Å²) >= 11 is 3.44. The number of rotatable bonds is 4. The number of ether oxygens (including phenoxy) is 2. The number of aryl methyl sites for hydroxylation is 1. The van der Waals surface area contributed by atoms with Crippen LogP contribution in [0.2, 0.25) is 0 Å². The van der Waals surface area contributed by atoms with E-state index in [-0.39, 0.29) is 12.0 Å². The molecule has 1 atom stereocenters. The highest BCUT2D eigenvalue weighted by atomic mass is 79.9. The third-order valence-corrected chi connectivity index (χ3v) is 4.81. The third kappa shape index (κ3) is 3.50. The fourth-order valence-electron chi connectivity index (χ4n) is 2.63. The average Bonchev–Trinajstić information content (AvgIpc) is 2.96. The first-order valence-corrected chi connectivity index (χ1v) is 8.24. The van der Waals surface area contributed by atoms with Crippen LogP contribution in [0.5, 0.6) is 11.5 Å². The fraction of sp³-hybridized carbons (Fsp3) is 0.278. The fourth-order valence-corrected chi connectivity index (χ4v) is 2.88. The summed E-state index contributed by atoms with van der Waals surface area (Å²) < 4.78 is 12.1. The molecule has 3 rings (SSSR count). The Morgan fingerprint density at radius 1 is 1.35 bits per heavy atom. The van der Waals surface area contributed by atoms with Crippen LogP contribution in [0.1, 0.15) is 21.5 Å². The van der Waals surface area contributed by atoms with Crippen LogP contribution in [0, 0.1) is 6.92 Å². The number of benzene rings is 2. The van der Waals surface area contributed by atoms with Crippen LogP contribution in [-0.2, 0) is 6.42 Å². The van der Waals surface area contributed by atoms with Gasteiger partial charge in [-0.25, -0.2) is 0 Å². The van der Waals surface area contributed by atoms with Gasteiger partial charge in [-0.1, -0.05) is 15.9 Å². The molecule has 1 amide bonds. The summed E-state index contributed by atoms with van der Waals surface area (Å²) in [6.45, 7) is 2.44. The Balaban J connectivity index is 1.59. The van der Waals surface area contributed by atoms with Crippen LogP contribution >= 0.6 is 15.9 Å². The molecule has 0 spiro atoms. The van der Waals surface area contributed by atoms with E-state index in [9.17, 15) is 4.79 Å². The van der Waals surface area contributed by atoms with Crippen LogP contribution in [0.15, 0.2) is 40.9 Å². The number of carbonyl (C=O) groups excluding carboxylic acids is 1. The van der Waals surface area contributed by atoms with E-state index in [4.69, 9.17) is 9.47 Å². The quantitative estimate of drug-likeness (QED) is 0.889. The van der Waals surface area contributed by atoms with Gasteiger partial charge >= 0.3 is 0 Å². The molecule has 2 aromatic carbocycles. The Morgan fingerprint density at radius 2 is 2.17 bits per heavy atom. The lowest BCUT2D eigenvalue weighted by Crippen LogP contribution is -2.34. The lowest BCUT2D eigenvalue weighted by Gasteiger charge is -2.12. The van der Waals surface area contributed by atoms with Crippen molar-refractivity contribution in [2.45, 2.75) is 19.4 Å². The number of carbonyl (C=O) groups is 1. The van der Waals surface area contributed by atoms with Crippen LogP contribution in [-0.4, -0.2) is 25.7 Å². The summed E-state index contributed by atoms with van der Waals surface area (Å²) in [7, 11) is 1.65. The highest BCUT2D eigenvalue weighted by Gasteiger charge is 2.23. The van der Waals surface area contributed by atoms with E-state index in [2.05, 4.69) is 21.2 Å². The van der Waals surface area contributed by atoms with Crippen molar-refractivity contribution in [2.75, 3.05) is 13.7 Å². The first-order valence-electron chi connectivity index (χ1n) is 7.44. The molecule has 0 fully saturated rings. The van der Waals surface area contributed by atoms with Crippen molar-refractivity contribution in [3.8, 4) is 11.5 Å². The molecule has 1 heterocycles. The summed E-state index contributed by atoms with van der Waals surface area (Å²) in [6, 6.07) is 11.3. The number of nitrogens with one attached hydrogen (secondary N) is 1. The Labute approximate surface area is 143 Å². The molecular formula is C18H18BrNO3. The van der Waals surface area contributed by atoms with Gasteiger partial charge in [-0.3, -0.25) is 4.79 Å². The molecule has 1 N–H and O–H groups in total. The summed E-state index contributed by atoms with van der Waals surface area (Å²) in [5.74, 6) is 1.60. The molecule has 0 saturated heterocycles. The second-order valence-corrected chi connectivity index (χ2v) is 6.45. The van der Waals surface area contributed by atoms with Gasteiger partial charge in [-0.2, -0.15) is 0 Å². The molecule has 4 nitrogen and oxygen atoms in total. The average molecular weight is 376 g/mol. The zero-order valence-corrected chi connectivity index (χ0v) is 14.6. The largest absolute Gasteiger partial charge is 0.497 e. The van der Waals surface area contributed by atoms with E-state index in [1.54, 1.807) is 7.11 Å². The zero-order valence-electron chi connectivity index (χ0n) is 13.1. The van der Waals surface area contributed by atoms with Crippen LogP contribution in [0.3, 0.4) is 0 Å². The summed E-state index contributed by atoms with van der Waals surface area (Å²) in [5, 5.41) is 2.94. The topological polar surface area (TPSA) is 47.6 Å². The minimum Gasteiger partial charge on any atom is -0.497 e. The molecule has 1 aliphatic rings. The normalized spacial score (nSPS) is 15.7. The van der Waals surface area contributed by atoms with Gasteiger partial charge < -0.3 is 14.8 Å². The molecule has 120 valence electrons. The van der Waals surface area contributed by atoms with Crippen molar-refractivity contribution in [2.24, 2.45) is 0 Å². The van der Waals surface area contributed by atoms with E-state index >= 15 is 0 Å². The molecule has 0 saturated carbocycles. The summed E-state index contributed by atoms with van der Waals surface area (Å²) in [6.07, 6.45) is 0.726. The number of fused-ring (bicyclic) bond motifs is 1. The van der Waals surface area contributed by atoms with E-state index in [0.29, 0.717) is 12.1 Å². The first-order chi connectivity index (χ1) is 11.1. The molecule has 0 bridgehead atoms. The van der Waals surface area contributed by atoms with Crippen LogP contribution in [0.4, 0.5) is 0 Å². The van der Waals surface area contributed by atoms with Crippen molar-refractivity contribution >= 4 is 21.8 Å². The summed E-state index contributed by atoms with van der Waals surface area (Å²) in [5.41, 5.74) is 2.81. The van der Waals surface area contributed by atoms with E-state index in [1.807, 2.05) is 43.3 Å². The second-order valence-electron chi connectivity index (χ2n) is 5.59. The smallest absolute Gasteiger partial charge is 0.251 e. The van der Waals surface area contributed by atoms with Crippen molar-refractivity contribution in [1.29, 1.82) is 0 Å². The van der Waals surface area contributed by atoms with Crippen molar-refractivity contribution in [1.82, 2.24) is 5.32 Å². The molecule has 0 aliphatic carbocycles. The van der Waals surface area contributed by atoms with Gasteiger partial charge in [0.1, 0.15) is 17.6 Å². The van der Waals surface area contributed by atoms with E-state index in [0.717, 1.165) is 33.5 Å². The Hall–Kier alpha value is -2.01. The number of hydrogen-bond donors (Lipinski definition) is 1. The monoisotopic (exact) mass is 375 g/mol. The standard InChI is InChI=1S/C18H18BrNO3/c1-11-7-12(3-5-16(11)19)18(21)20-10-15-9-13-8-14(22-2)4-6-17(13)23-15/h3-8,15H,9-10H2,1-2H3,(H,20,21). The zero-order chi connectivity index (χ0) is 16.4. The lowest BCUT2D eigenvalue weighted by molar-refractivity contribution is 0.0933. The van der Waals surface area contributed by atoms with Crippen molar-refractivity contribution in [3.05, 3.63) is 57.6 Å². The maximum absolute atomic E-state index is 12.2. The van der Waals surface area contributed by atoms with Crippen LogP contribution in [0.25, 0.3) is 0 Å². The van der Waals surface area contributed by atoms with Gasteiger partial charge in [-0.05, 0) is 48.9 Å². The highest BCUT2D eigenvalue weighted by Crippen LogP contribution is 2.31. The molecule has 1 unspecified atom stereocenters. The van der Waals surface area contributed by atoms with Gasteiger partial charge in [-0.15, -0.1) is 0 Å². The molecule has 1 aliphatic heterocycles. The Kier molecular flexibility index (Phi) is 4.57. The number of methoxy groups -OCH3 is 1. The van der Waals surface area contributed by atoms with E-state index < -0.39 is 0 Å². The number of hydrogen-bond acceptors (Lipinski definition) is 3. The Bertz CT molecular complexity index is 745. The summed E-state index contributed by atoms with van der Waals surface area (Å²) in [4.78, 5) is 12.2. The van der Waals surface area contributed by atoms with Gasteiger partial charge in [0, 0.05) is 22.0 Å². The third-order valence-electron chi connectivity index (χ3n) is 3.92. The lowest BCUT2D eigenvalue weighted by atomic mass is 10.1. The van der Waals surface area contributed by atoms with Gasteiger partial charge in [0.05, 0.1) is 13.7 Å². The van der Waals surface area contributed by atoms with E-state index in [1.165, 1.54) is 0 Å².